The lowest BCUT2D eigenvalue weighted by Crippen LogP contribution is -2.53. The minimum Gasteiger partial charge on any atom is -0.372 e. The van der Waals surface area contributed by atoms with Crippen LogP contribution in [-0.2, 0) is 14.3 Å². The molecule has 2 aliphatic heterocycles. The maximum atomic E-state index is 12.8. The second-order valence-electron chi connectivity index (χ2n) is 8.72. The van der Waals surface area contributed by atoms with Crippen molar-refractivity contribution in [3.63, 3.8) is 0 Å². The van der Waals surface area contributed by atoms with Crippen LogP contribution >= 0.6 is 0 Å². The van der Waals surface area contributed by atoms with Crippen LogP contribution in [-0.4, -0.2) is 55.5 Å². The van der Waals surface area contributed by atoms with Gasteiger partial charge in [-0.15, -0.1) is 0 Å². The molecular formula is C23H33N3O4. The molecule has 0 aromatic heterocycles. The zero-order valence-electron chi connectivity index (χ0n) is 18.1. The number of piperidine rings is 1. The van der Waals surface area contributed by atoms with Crippen molar-refractivity contribution in [2.45, 2.75) is 64.6 Å². The SMILES string of the molecule is CC(C)C[C@H](NC(=O)c1ccc(N2CCCCC2)cc1)C(=O)N[C@@H]1C(=O)CO[C@@H]1C. The van der Waals surface area contributed by atoms with E-state index in [0.717, 1.165) is 18.8 Å². The summed E-state index contributed by atoms with van der Waals surface area (Å²) in [4.78, 5) is 39.9. The standard InChI is InChI=1S/C23H33N3O4/c1-15(2)13-19(23(29)25-21-16(3)30-14-20(21)27)24-22(28)17-7-9-18(10-8-17)26-11-5-4-6-12-26/h7-10,15-16,19,21H,4-6,11-14H2,1-3H3,(H,24,28)(H,25,29)/t16-,19+,21+/m1/s1. The minimum atomic E-state index is -0.708. The number of rotatable bonds is 7. The number of amides is 2. The molecule has 2 aliphatic rings. The van der Waals surface area contributed by atoms with Crippen LogP contribution in [0, 0.1) is 5.92 Å². The molecule has 2 saturated heterocycles. The number of ether oxygens (including phenoxy) is 1. The quantitative estimate of drug-likeness (QED) is 0.713. The molecule has 1 aromatic rings. The summed E-state index contributed by atoms with van der Waals surface area (Å²) in [6, 6.07) is 6.18. The molecule has 3 rings (SSSR count). The summed E-state index contributed by atoms with van der Waals surface area (Å²) in [5.41, 5.74) is 1.64. The van der Waals surface area contributed by atoms with Gasteiger partial charge in [0.15, 0.2) is 5.78 Å². The first-order valence-electron chi connectivity index (χ1n) is 11.0. The molecule has 1 aromatic carbocycles. The Balaban J connectivity index is 1.64. The van der Waals surface area contributed by atoms with Crippen molar-refractivity contribution in [3.8, 4) is 0 Å². The molecular weight excluding hydrogens is 382 g/mol. The van der Waals surface area contributed by atoms with E-state index in [9.17, 15) is 14.4 Å². The van der Waals surface area contributed by atoms with Gasteiger partial charge in [0.25, 0.3) is 5.91 Å². The fraction of sp³-hybridized carbons (Fsp3) is 0.609. The lowest BCUT2D eigenvalue weighted by Gasteiger charge is -2.29. The van der Waals surface area contributed by atoms with E-state index in [4.69, 9.17) is 4.74 Å². The third kappa shape index (κ3) is 5.59. The number of benzene rings is 1. The van der Waals surface area contributed by atoms with Crippen LogP contribution in [0.4, 0.5) is 5.69 Å². The van der Waals surface area contributed by atoms with Crippen molar-refractivity contribution in [3.05, 3.63) is 29.8 Å². The van der Waals surface area contributed by atoms with Crippen LogP contribution in [0.1, 0.15) is 56.8 Å². The highest BCUT2D eigenvalue weighted by molar-refractivity contribution is 5.99. The van der Waals surface area contributed by atoms with Gasteiger partial charge in [-0.2, -0.15) is 0 Å². The summed E-state index contributed by atoms with van der Waals surface area (Å²) in [5.74, 6) is -0.574. The van der Waals surface area contributed by atoms with Gasteiger partial charge >= 0.3 is 0 Å². The average molecular weight is 416 g/mol. The van der Waals surface area contributed by atoms with Crippen molar-refractivity contribution < 1.29 is 19.1 Å². The number of hydrogen-bond donors (Lipinski definition) is 2. The van der Waals surface area contributed by atoms with Crippen molar-refractivity contribution in [2.24, 2.45) is 5.92 Å². The Bertz CT molecular complexity index is 756. The molecule has 3 atom stereocenters. The van der Waals surface area contributed by atoms with E-state index in [1.165, 1.54) is 19.3 Å². The molecule has 2 heterocycles. The smallest absolute Gasteiger partial charge is 0.251 e. The third-order valence-electron chi connectivity index (χ3n) is 5.78. The topological polar surface area (TPSA) is 87.7 Å². The number of Topliss-reactive ketones (excluding diaryl/α,β-unsaturated/α-hetero) is 1. The highest BCUT2D eigenvalue weighted by Crippen LogP contribution is 2.20. The van der Waals surface area contributed by atoms with Gasteiger partial charge in [0, 0.05) is 24.3 Å². The maximum absolute atomic E-state index is 12.8. The largest absolute Gasteiger partial charge is 0.372 e. The van der Waals surface area contributed by atoms with Crippen molar-refractivity contribution >= 4 is 23.3 Å². The molecule has 7 nitrogen and oxygen atoms in total. The van der Waals surface area contributed by atoms with Gasteiger partial charge in [-0.05, 0) is 62.8 Å². The highest BCUT2D eigenvalue weighted by atomic mass is 16.5. The van der Waals surface area contributed by atoms with Crippen LogP contribution < -0.4 is 15.5 Å². The van der Waals surface area contributed by atoms with E-state index >= 15 is 0 Å². The van der Waals surface area contributed by atoms with E-state index < -0.39 is 12.1 Å². The summed E-state index contributed by atoms with van der Waals surface area (Å²) < 4.78 is 5.30. The number of hydrogen-bond acceptors (Lipinski definition) is 5. The van der Waals surface area contributed by atoms with E-state index in [2.05, 4.69) is 15.5 Å². The molecule has 30 heavy (non-hydrogen) atoms. The summed E-state index contributed by atoms with van der Waals surface area (Å²) in [5, 5.41) is 5.61. The molecule has 2 N–H and O–H groups in total. The van der Waals surface area contributed by atoms with Crippen molar-refractivity contribution in [1.82, 2.24) is 10.6 Å². The zero-order chi connectivity index (χ0) is 21.7. The molecule has 0 bridgehead atoms. The van der Waals surface area contributed by atoms with Gasteiger partial charge in [0.2, 0.25) is 5.91 Å². The number of carbonyl (C=O) groups is 3. The van der Waals surface area contributed by atoms with E-state index in [-0.39, 0.29) is 36.2 Å². The predicted molar refractivity (Wildman–Crippen MR) is 116 cm³/mol. The number of ketones is 1. The Labute approximate surface area is 178 Å². The Kier molecular flexibility index (Phi) is 7.48. The molecule has 0 unspecified atom stereocenters. The monoisotopic (exact) mass is 415 g/mol. The molecule has 7 heteroatoms. The number of nitrogens with one attached hydrogen (secondary N) is 2. The molecule has 2 amide bonds. The second kappa shape index (κ2) is 10.1. The van der Waals surface area contributed by atoms with Crippen LogP contribution in [0.5, 0.6) is 0 Å². The minimum absolute atomic E-state index is 0.0106. The van der Waals surface area contributed by atoms with Crippen molar-refractivity contribution in [2.75, 3.05) is 24.6 Å². The molecule has 0 saturated carbocycles. The lowest BCUT2D eigenvalue weighted by atomic mass is 10.0. The van der Waals surface area contributed by atoms with Crippen LogP contribution in [0.15, 0.2) is 24.3 Å². The normalized spacial score (nSPS) is 22.8. The molecule has 164 valence electrons. The Hall–Kier alpha value is -2.41. The van der Waals surface area contributed by atoms with Crippen LogP contribution in [0.3, 0.4) is 0 Å². The summed E-state index contributed by atoms with van der Waals surface area (Å²) in [7, 11) is 0. The second-order valence-corrected chi connectivity index (χ2v) is 8.72. The molecule has 0 spiro atoms. The summed E-state index contributed by atoms with van der Waals surface area (Å²) in [6.45, 7) is 7.85. The number of anilines is 1. The first-order valence-corrected chi connectivity index (χ1v) is 11.0. The molecule has 2 fully saturated rings. The van der Waals surface area contributed by atoms with Crippen molar-refractivity contribution in [1.29, 1.82) is 0 Å². The van der Waals surface area contributed by atoms with Gasteiger partial charge in [-0.3, -0.25) is 14.4 Å². The predicted octanol–water partition coefficient (Wildman–Crippen LogP) is 2.29. The first-order chi connectivity index (χ1) is 14.3. The van der Waals surface area contributed by atoms with Crippen LogP contribution in [0.25, 0.3) is 0 Å². The first kappa shape index (κ1) is 22.3. The fourth-order valence-corrected chi connectivity index (χ4v) is 4.03. The number of carbonyl (C=O) groups excluding carboxylic acids is 3. The third-order valence-corrected chi connectivity index (χ3v) is 5.78. The average Bonchev–Trinajstić information content (AvgIpc) is 3.05. The maximum Gasteiger partial charge on any atom is 0.251 e. The van der Waals surface area contributed by atoms with Crippen LogP contribution in [0.2, 0.25) is 0 Å². The van der Waals surface area contributed by atoms with Gasteiger partial charge in [0.1, 0.15) is 18.7 Å². The molecule has 0 aliphatic carbocycles. The number of nitrogens with zero attached hydrogens (tertiary/aromatic N) is 1. The summed E-state index contributed by atoms with van der Waals surface area (Å²) in [6.07, 6.45) is 3.79. The van der Waals surface area contributed by atoms with E-state index in [1.54, 1.807) is 19.1 Å². The van der Waals surface area contributed by atoms with E-state index in [1.807, 2.05) is 26.0 Å². The highest BCUT2D eigenvalue weighted by Gasteiger charge is 2.35. The van der Waals surface area contributed by atoms with Gasteiger partial charge in [0.05, 0.1) is 6.10 Å². The van der Waals surface area contributed by atoms with Gasteiger partial charge < -0.3 is 20.3 Å². The Morgan fingerprint density at radius 1 is 1.13 bits per heavy atom. The summed E-state index contributed by atoms with van der Waals surface area (Å²) >= 11 is 0. The van der Waals surface area contributed by atoms with E-state index in [0.29, 0.717) is 12.0 Å². The van der Waals surface area contributed by atoms with Gasteiger partial charge in [-0.1, -0.05) is 13.8 Å². The Morgan fingerprint density at radius 3 is 2.37 bits per heavy atom. The molecule has 0 radical (unpaired) electrons. The van der Waals surface area contributed by atoms with Gasteiger partial charge in [-0.25, -0.2) is 0 Å². The fourth-order valence-electron chi connectivity index (χ4n) is 4.03. The lowest BCUT2D eigenvalue weighted by molar-refractivity contribution is -0.127. The zero-order valence-corrected chi connectivity index (χ0v) is 18.1. The Morgan fingerprint density at radius 2 is 1.80 bits per heavy atom.